The van der Waals surface area contributed by atoms with Gasteiger partial charge < -0.3 is 9.84 Å². The third-order valence-corrected chi connectivity index (χ3v) is 1.23. The number of hydrogen-bond acceptors (Lipinski definition) is 2. The molecular formula is C9H9O2-. The van der Waals surface area contributed by atoms with Crippen molar-refractivity contribution in [2.24, 2.45) is 0 Å². The lowest BCUT2D eigenvalue weighted by atomic mass is 10.3. The SMILES string of the molecule is C=CCOC([O-])=C1C=CC=C1. The first-order valence-electron chi connectivity index (χ1n) is 3.34. The molecule has 0 aromatic rings. The molecule has 0 atom stereocenters. The largest absolute Gasteiger partial charge is 0.609 e. The maximum absolute atomic E-state index is 11.0. The Balaban J connectivity index is 2.56. The van der Waals surface area contributed by atoms with E-state index in [1.165, 1.54) is 0 Å². The van der Waals surface area contributed by atoms with Gasteiger partial charge in [-0.25, -0.2) is 0 Å². The summed E-state index contributed by atoms with van der Waals surface area (Å²) in [6.45, 7) is 3.70. The number of rotatable bonds is 3. The topological polar surface area (TPSA) is 32.3 Å². The van der Waals surface area contributed by atoms with E-state index in [-0.39, 0.29) is 12.6 Å². The first kappa shape index (κ1) is 7.66. The molecule has 2 heteroatoms. The summed E-state index contributed by atoms with van der Waals surface area (Å²) >= 11 is 0. The second-order valence-electron chi connectivity index (χ2n) is 2.06. The summed E-state index contributed by atoms with van der Waals surface area (Å²) < 4.78 is 4.78. The van der Waals surface area contributed by atoms with Crippen molar-refractivity contribution >= 4 is 0 Å². The Labute approximate surface area is 65.8 Å². The van der Waals surface area contributed by atoms with Crippen molar-refractivity contribution in [2.45, 2.75) is 0 Å². The maximum Gasteiger partial charge on any atom is 0.0590 e. The van der Waals surface area contributed by atoms with Crippen LogP contribution in [-0.2, 0) is 4.74 Å². The predicted molar refractivity (Wildman–Crippen MR) is 41.5 cm³/mol. The van der Waals surface area contributed by atoms with Crippen LogP contribution in [0.4, 0.5) is 0 Å². The van der Waals surface area contributed by atoms with Crippen LogP contribution in [0.1, 0.15) is 0 Å². The summed E-state index contributed by atoms with van der Waals surface area (Å²) in [7, 11) is 0. The Hall–Kier alpha value is -1.44. The van der Waals surface area contributed by atoms with Crippen LogP contribution in [0.15, 0.2) is 48.5 Å². The second-order valence-corrected chi connectivity index (χ2v) is 2.06. The Morgan fingerprint density at radius 3 is 2.73 bits per heavy atom. The normalized spacial score (nSPS) is 13.6. The Morgan fingerprint density at radius 2 is 2.18 bits per heavy atom. The van der Waals surface area contributed by atoms with E-state index < -0.39 is 0 Å². The minimum Gasteiger partial charge on any atom is -0.609 e. The highest BCUT2D eigenvalue weighted by Gasteiger charge is 1.93. The summed E-state index contributed by atoms with van der Waals surface area (Å²) in [6.07, 6.45) is 8.56. The van der Waals surface area contributed by atoms with E-state index in [1.54, 1.807) is 30.4 Å². The van der Waals surface area contributed by atoms with Crippen molar-refractivity contribution in [2.75, 3.05) is 6.61 Å². The average molecular weight is 149 g/mol. The van der Waals surface area contributed by atoms with Crippen LogP contribution in [0.3, 0.4) is 0 Å². The zero-order chi connectivity index (χ0) is 8.10. The van der Waals surface area contributed by atoms with E-state index in [0.717, 1.165) is 0 Å². The molecule has 0 heterocycles. The molecule has 0 aliphatic heterocycles. The molecule has 0 saturated heterocycles. The molecule has 2 nitrogen and oxygen atoms in total. The minimum atomic E-state index is -0.296. The van der Waals surface area contributed by atoms with Crippen molar-refractivity contribution in [1.29, 1.82) is 0 Å². The van der Waals surface area contributed by atoms with Gasteiger partial charge in [-0.05, 0) is 5.57 Å². The zero-order valence-electron chi connectivity index (χ0n) is 6.12. The molecule has 58 valence electrons. The van der Waals surface area contributed by atoms with Crippen LogP contribution in [0.25, 0.3) is 0 Å². The van der Waals surface area contributed by atoms with Crippen LogP contribution < -0.4 is 5.11 Å². The van der Waals surface area contributed by atoms with Crippen molar-refractivity contribution < 1.29 is 9.84 Å². The first-order valence-corrected chi connectivity index (χ1v) is 3.34. The number of allylic oxidation sites excluding steroid dienone is 5. The third kappa shape index (κ3) is 2.00. The van der Waals surface area contributed by atoms with Gasteiger partial charge in [0.2, 0.25) is 0 Å². The molecule has 0 unspecified atom stereocenters. The molecule has 0 amide bonds. The third-order valence-electron chi connectivity index (χ3n) is 1.23. The van der Waals surface area contributed by atoms with Gasteiger partial charge >= 0.3 is 0 Å². The molecule has 0 saturated carbocycles. The van der Waals surface area contributed by atoms with Gasteiger partial charge in [-0.15, -0.1) is 6.58 Å². The molecule has 11 heavy (non-hydrogen) atoms. The van der Waals surface area contributed by atoms with E-state index in [4.69, 9.17) is 4.74 Å². The fourth-order valence-electron chi connectivity index (χ4n) is 0.728. The average Bonchev–Trinajstić information content (AvgIpc) is 2.52. The molecule has 0 radical (unpaired) electrons. The fourth-order valence-corrected chi connectivity index (χ4v) is 0.728. The molecule has 0 fully saturated rings. The molecule has 1 aliphatic carbocycles. The van der Waals surface area contributed by atoms with Crippen LogP contribution in [0.2, 0.25) is 0 Å². The Kier molecular flexibility index (Phi) is 2.55. The van der Waals surface area contributed by atoms with Gasteiger partial charge in [0.05, 0.1) is 5.95 Å². The smallest absolute Gasteiger partial charge is 0.0590 e. The molecule has 1 aliphatic rings. The molecule has 0 N–H and O–H groups in total. The molecular weight excluding hydrogens is 140 g/mol. The molecule has 1 rings (SSSR count). The maximum atomic E-state index is 11.0. The van der Waals surface area contributed by atoms with Crippen molar-refractivity contribution in [3.05, 3.63) is 48.5 Å². The first-order chi connectivity index (χ1) is 5.34. The molecule has 0 bridgehead atoms. The van der Waals surface area contributed by atoms with E-state index in [2.05, 4.69) is 6.58 Å². The lowest BCUT2D eigenvalue weighted by molar-refractivity contribution is -0.356. The summed E-state index contributed by atoms with van der Waals surface area (Å²) in [5.74, 6) is -0.296. The van der Waals surface area contributed by atoms with Gasteiger partial charge in [0, 0.05) is 6.61 Å². The highest BCUT2D eigenvalue weighted by Crippen LogP contribution is 2.09. The van der Waals surface area contributed by atoms with Crippen molar-refractivity contribution in [3.8, 4) is 0 Å². The quantitative estimate of drug-likeness (QED) is 0.441. The predicted octanol–water partition coefficient (Wildman–Crippen LogP) is 0.887. The zero-order valence-corrected chi connectivity index (χ0v) is 6.12. The standard InChI is InChI=1S/C9H10O2/c1-2-7-11-9(10)8-5-3-4-6-8/h2-6,10H,1,7H2/p-1. The monoisotopic (exact) mass is 149 g/mol. The fraction of sp³-hybridized carbons (Fsp3) is 0.111. The van der Waals surface area contributed by atoms with Crippen LogP contribution in [0.5, 0.6) is 0 Å². The Bertz CT molecular complexity index is 220. The highest BCUT2D eigenvalue weighted by molar-refractivity contribution is 5.39. The lowest BCUT2D eigenvalue weighted by Gasteiger charge is -2.14. The molecule has 0 spiro atoms. The van der Waals surface area contributed by atoms with Crippen LogP contribution in [0, 0.1) is 0 Å². The van der Waals surface area contributed by atoms with Crippen LogP contribution >= 0.6 is 0 Å². The van der Waals surface area contributed by atoms with Crippen LogP contribution in [-0.4, -0.2) is 6.61 Å². The Morgan fingerprint density at radius 1 is 1.55 bits per heavy atom. The second kappa shape index (κ2) is 3.66. The van der Waals surface area contributed by atoms with Crippen molar-refractivity contribution in [3.63, 3.8) is 0 Å². The minimum absolute atomic E-state index is 0.268. The summed E-state index contributed by atoms with van der Waals surface area (Å²) in [6, 6.07) is 0. The van der Waals surface area contributed by atoms with Gasteiger partial charge in [-0.2, -0.15) is 0 Å². The van der Waals surface area contributed by atoms with Gasteiger partial charge in [0.1, 0.15) is 0 Å². The molecule has 0 aromatic heterocycles. The van der Waals surface area contributed by atoms with E-state index >= 15 is 0 Å². The summed E-state index contributed by atoms with van der Waals surface area (Å²) in [5, 5.41) is 11.0. The summed E-state index contributed by atoms with van der Waals surface area (Å²) in [4.78, 5) is 0. The van der Waals surface area contributed by atoms with Gasteiger partial charge in [-0.3, -0.25) is 0 Å². The van der Waals surface area contributed by atoms with Gasteiger partial charge in [0.25, 0.3) is 0 Å². The molecule has 0 aromatic carbocycles. The van der Waals surface area contributed by atoms with Crippen molar-refractivity contribution in [1.82, 2.24) is 0 Å². The number of ether oxygens (including phenoxy) is 1. The number of hydrogen-bond donors (Lipinski definition) is 0. The highest BCUT2D eigenvalue weighted by atomic mass is 16.6. The van der Waals surface area contributed by atoms with E-state index in [1.807, 2.05) is 0 Å². The van der Waals surface area contributed by atoms with E-state index in [0.29, 0.717) is 5.57 Å². The summed E-state index contributed by atoms with van der Waals surface area (Å²) in [5.41, 5.74) is 0.590. The van der Waals surface area contributed by atoms with Gasteiger partial charge in [-0.1, -0.05) is 30.4 Å². The van der Waals surface area contributed by atoms with E-state index in [9.17, 15) is 5.11 Å². The lowest BCUT2D eigenvalue weighted by Crippen LogP contribution is -2.09. The van der Waals surface area contributed by atoms with Gasteiger partial charge in [0.15, 0.2) is 0 Å².